The summed E-state index contributed by atoms with van der Waals surface area (Å²) in [6, 6.07) is -1.44. The maximum Gasteiger partial charge on any atom is 0.326 e. The van der Waals surface area contributed by atoms with Crippen molar-refractivity contribution in [3.8, 4) is 0 Å². The highest BCUT2D eigenvalue weighted by Gasteiger charge is 2.25. The van der Waals surface area contributed by atoms with E-state index >= 15 is 0 Å². The summed E-state index contributed by atoms with van der Waals surface area (Å²) in [7, 11) is 0. The number of anilines is 1. The molecule has 0 radical (unpaired) electrons. The van der Waals surface area contributed by atoms with Crippen LogP contribution in [-0.2, 0) is 4.79 Å². The molecular formula is C12H19N3O3S. The van der Waals surface area contributed by atoms with Gasteiger partial charge in [-0.1, -0.05) is 20.3 Å². The maximum atomic E-state index is 11.7. The highest BCUT2D eigenvalue weighted by molar-refractivity contribution is 7.15. The standard InChI is InChI=1S/C12H19N3O3S/c1-5-6(2)9(10(16)17)14-11(18)15-12-13-7(3)8(4)19-12/h6,9H,5H2,1-4H3,(H,16,17)(H2,13,14,15,18)/t6-,9-/m0/s1. The van der Waals surface area contributed by atoms with Crippen molar-refractivity contribution in [3.05, 3.63) is 10.6 Å². The number of urea groups is 1. The number of amides is 2. The Morgan fingerprint density at radius 1 is 1.42 bits per heavy atom. The molecule has 1 heterocycles. The smallest absolute Gasteiger partial charge is 0.326 e. The fraction of sp³-hybridized carbons (Fsp3) is 0.583. The minimum Gasteiger partial charge on any atom is -0.480 e. The van der Waals surface area contributed by atoms with Crippen LogP contribution in [0.25, 0.3) is 0 Å². The predicted octanol–water partition coefficient (Wildman–Crippen LogP) is 2.38. The summed E-state index contributed by atoms with van der Waals surface area (Å²) < 4.78 is 0. The molecule has 0 fully saturated rings. The first kappa shape index (κ1) is 15.4. The van der Waals surface area contributed by atoms with Crippen molar-refractivity contribution in [2.24, 2.45) is 5.92 Å². The van der Waals surface area contributed by atoms with E-state index in [-0.39, 0.29) is 5.92 Å². The number of aliphatic carboxylic acids is 1. The third-order valence-electron chi connectivity index (χ3n) is 3.01. The van der Waals surface area contributed by atoms with Crippen LogP contribution >= 0.6 is 11.3 Å². The molecule has 0 aliphatic rings. The number of aromatic nitrogens is 1. The van der Waals surface area contributed by atoms with Crippen molar-refractivity contribution >= 4 is 28.5 Å². The first-order valence-corrected chi connectivity index (χ1v) is 6.91. The van der Waals surface area contributed by atoms with E-state index in [9.17, 15) is 9.59 Å². The summed E-state index contributed by atoms with van der Waals surface area (Å²) in [6.07, 6.45) is 0.673. The number of hydrogen-bond acceptors (Lipinski definition) is 4. The molecule has 1 aromatic heterocycles. The SMILES string of the molecule is CC[C@H](C)[C@H](NC(=O)Nc1nc(C)c(C)s1)C(=O)O. The molecule has 0 saturated carbocycles. The number of thiazole rings is 1. The van der Waals surface area contributed by atoms with Gasteiger partial charge in [0.2, 0.25) is 0 Å². The first-order valence-electron chi connectivity index (χ1n) is 6.09. The number of rotatable bonds is 5. The number of carbonyl (C=O) groups is 2. The second-order valence-corrected chi connectivity index (χ2v) is 5.66. The Balaban J connectivity index is 2.65. The van der Waals surface area contributed by atoms with Gasteiger partial charge in [-0.15, -0.1) is 11.3 Å². The first-order chi connectivity index (χ1) is 8.85. The van der Waals surface area contributed by atoms with Gasteiger partial charge in [0.1, 0.15) is 6.04 Å². The van der Waals surface area contributed by atoms with Gasteiger partial charge < -0.3 is 10.4 Å². The van der Waals surface area contributed by atoms with Crippen LogP contribution < -0.4 is 10.6 Å². The van der Waals surface area contributed by atoms with E-state index < -0.39 is 18.0 Å². The van der Waals surface area contributed by atoms with Gasteiger partial charge in [0.25, 0.3) is 0 Å². The summed E-state index contributed by atoms with van der Waals surface area (Å²) >= 11 is 1.36. The zero-order valence-corrected chi connectivity index (χ0v) is 12.3. The van der Waals surface area contributed by atoms with Gasteiger partial charge in [-0.05, 0) is 19.8 Å². The van der Waals surface area contributed by atoms with Gasteiger partial charge in [-0.25, -0.2) is 14.6 Å². The molecule has 2 amide bonds. The topological polar surface area (TPSA) is 91.3 Å². The monoisotopic (exact) mass is 285 g/mol. The molecule has 0 aromatic carbocycles. The third-order valence-corrected chi connectivity index (χ3v) is 4.00. The van der Waals surface area contributed by atoms with Crippen LogP contribution in [0.2, 0.25) is 0 Å². The lowest BCUT2D eigenvalue weighted by atomic mass is 10.00. The average molecular weight is 285 g/mol. The lowest BCUT2D eigenvalue weighted by Crippen LogP contribution is -2.46. The number of aryl methyl sites for hydroxylation is 2. The molecule has 19 heavy (non-hydrogen) atoms. The van der Waals surface area contributed by atoms with Gasteiger partial charge in [-0.2, -0.15) is 0 Å². The van der Waals surface area contributed by atoms with Crippen molar-refractivity contribution in [2.75, 3.05) is 5.32 Å². The van der Waals surface area contributed by atoms with Crippen LogP contribution in [0, 0.1) is 19.8 Å². The van der Waals surface area contributed by atoms with Crippen LogP contribution in [0.5, 0.6) is 0 Å². The minimum absolute atomic E-state index is 0.136. The Morgan fingerprint density at radius 2 is 2.05 bits per heavy atom. The summed E-state index contributed by atoms with van der Waals surface area (Å²) in [5.41, 5.74) is 0.858. The lowest BCUT2D eigenvalue weighted by molar-refractivity contribution is -0.140. The molecule has 7 heteroatoms. The van der Waals surface area contributed by atoms with Crippen LogP contribution in [0.3, 0.4) is 0 Å². The second kappa shape index (κ2) is 6.51. The average Bonchev–Trinajstić information content (AvgIpc) is 2.63. The van der Waals surface area contributed by atoms with Crippen molar-refractivity contribution in [1.82, 2.24) is 10.3 Å². The molecule has 0 spiro atoms. The second-order valence-electron chi connectivity index (χ2n) is 4.46. The van der Waals surface area contributed by atoms with Crippen LogP contribution in [-0.4, -0.2) is 28.1 Å². The van der Waals surface area contributed by atoms with Gasteiger partial charge in [0, 0.05) is 4.88 Å². The van der Waals surface area contributed by atoms with Crippen LogP contribution in [0.1, 0.15) is 30.8 Å². The van der Waals surface area contributed by atoms with E-state index in [4.69, 9.17) is 5.11 Å². The van der Waals surface area contributed by atoms with E-state index in [1.165, 1.54) is 11.3 Å². The predicted molar refractivity (Wildman–Crippen MR) is 74.6 cm³/mol. The Bertz CT molecular complexity index is 453. The van der Waals surface area contributed by atoms with Crippen molar-refractivity contribution < 1.29 is 14.7 Å². The maximum absolute atomic E-state index is 11.7. The van der Waals surface area contributed by atoms with Gasteiger partial charge in [-0.3, -0.25) is 5.32 Å². The molecule has 0 aliphatic heterocycles. The fourth-order valence-electron chi connectivity index (χ4n) is 1.48. The van der Waals surface area contributed by atoms with Crippen molar-refractivity contribution in [2.45, 2.75) is 40.2 Å². The normalized spacial score (nSPS) is 13.7. The van der Waals surface area contributed by atoms with Gasteiger partial charge in [0.15, 0.2) is 5.13 Å². The number of carbonyl (C=O) groups excluding carboxylic acids is 1. The lowest BCUT2D eigenvalue weighted by Gasteiger charge is -2.19. The Hall–Kier alpha value is -1.63. The molecule has 1 aromatic rings. The molecule has 2 atom stereocenters. The number of nitrogens with one attached hydrogen (secondary N) is 2. The zero-order valence-electron chi connectivity index (χ0n) is 11.5. The highest BCUT2D eigenvalue weighted by atomic mass is 32.1. The Labute approximate surface area is 116 Å². The highest BCUT2D eigenvalue weighted by Crippen LogP contribution is 2.21. The molecule has 3 N–H and O–H groups in total. The molecular weight excluding hydrogens is 266 g/mol. The summed E-state index contributed by atoms with van der Waals surface area (Å²) in [4.78, 5) is 28.0. The molecule has 6 nitrogen and oxygen atoms in total. The number of hydrogen-bond donors (Lipinski definition) is 3. The summed E-state index contributed by atoms with van der Waals surface area (Å²) in [5.74, 6) is -1.17. The van der Waals surface area contributed by atoms with Gasteiger partial charge >= 0.3 is 12.0 Å². The summed E-state index contributed by atoms with van der Waals surface area (Å²) in [5, 5.41) is 14.6. The van der Waals surface area contributed by atoms with E-state index in [1.807, 2.05) is 20.8 Å². The van der Waals surface area contributed by atoms with Crippen molar-refractivity contribution in [1.29, 1.82) is 0 Å². The summed E-state index contributed by atoms with van der Waals surface area (Å²) in [6.45, 7) is 7.44. The van der Waals surface area contributed by atoms with E-state index in [0.717, 1.165) is 10.6 Å². The van der Waals surface area contributed by atoms with Crippen LogP contribution in [0.4, 0.5) is 9.93 Å². The van der Waals surface area contributed by atoms with Crippen molar-refractivity contribution in [3.63, 3.8) is 0 Å². The molecule has 0 bridgehead atoms. The molecule has 1 rings (SSSR count). The quantitative estimate of drug-likeness (QED) is 0.774. The fourth-order valence-corrected chi connectivity index (χ4v) is 2.29. The molecule has 106 valence electrons. The molecule has 0 unspecified atom stereocenters. The minimum atomic E-state index is -1.03. The number of carboxylic acid groups (broad SMARTS) is 1. The molecule has 0 saturated heterocycles. The number of carboxylic acids is 1. The third kappa shape index (κ3) is 4.20. The Kier molecular flexibility index (Phi) is 5.29. The largest absolute Gasteiger partial charge is 0.480 e. The number of nitrogens with zero attached hydrogens (tertiary/aromatic N) is 1. The zero-order chi connectivity index (χ0) is 14.6. The van der Waals surface area contributed by atoms with E-state index in [1.54, 1.807) is 6.92 Å². The Morgan fingerprint density at radius 3 is 2.47 bits per heavy atom. The molecule has 0 aliphatic carbocycles. The van der Waals surface area contributed by atoms with Crippen LogP contribution in [0.15, 0.2) is 0 Å². The van der Waals surface area contributed by atoms with Gasteiger partial charge in [0.05, 0.1) is 5.69 Å². The van der Waals surface area contributed by atoms with E-state index in [0.29, 0.717) is 11.6 Å². The van der Waals surface area contributed by atoms with E-state index in [2.05, 4.69) is 15.6 Å².